The average molecular weight is 293 g/mol. The lowest BCUT2D eigenvalue weighted by molar-refractivity contribution is 0.116. The number of urea groups is 1. The molecule has 0 aromatic carbocycles. The van der Waals surface area contributed by atoms with Crippen LogP contribution in [0.4, 0.5) is 10.5 Å². The number of aliphatic hydroxyl groups is 1. The summed E-state index contributed by atoms with van der Waals surface area (Å²) in [6.45, 7) is 2.98. The molecule has 1 saturated carbocycles. The van der Waals surface area contributed by atoms with Gasteiger partial charge in [0.1, 0.15) is 0 Å². The second-order valence-corrected chi connectivity index (χ2v) is 5.61. The van der Waals surface area contributed by atoms with E-state index in [0.29, 0.717) is 18.8 Å². The van der Waals surface area contributed by atoms with E-state index in [1.165, 1.54) is 10.6 Å². The van der Waals surface area contributed by atoms with Gasteiger partial charge in [-0.2, -0.15) is 0 Å². The number of aliphatic hydroxyl groups excluding tert-OH is 1. The minimum atomic E-state index is -0.303. The van der Waals surface area contributed by atoms with E-state index in [1.807, 2.05) is 6.92 Å². The third kappa shape index (κ3) is 3.85. The van der Waals surface area contributed by atoms with Gasteiger partial charge >= 0.3 is 6.03 Å². The van der Waals surface area contributed by atoms with Crippen LogP contribution in [0.2, 0.25) is 0 Å². The van der Waals surface area contributed by atoms with Gasteiger partial charge in [0.25, 0.3) is 5.56 Å². The average Bonchev–Trinajstić information content (AvgIpc) is 2.86. The Balaban J connectivity index is 1.95. The van der Waals surface area contributed by atoms with Gasteiger partial charge in [-0.05, 0) is 25.8 Å². The summed E-state index contributed by atoms with van der Waals surface area (Å²) in [6.07, 6.45) is 4.13. The van der Waals surface area contributed by atoms with Crippen LogP contribution in [0.15, 0.2) is 23.1 Å². The van der Waals surface area contributed by atoms with E-state index < -0.39 is 0 Å². The van der Waals surface area contributed by atoms with Gasteiger partial charge in [0.05, 0.1) is 11.8 Å². The number of rotatable bonds is 4. The molecule has 2 atom stereocenters. The van der Waals surface area contributed by atoms with Gasteiger partial charge in [-0.25, -0.2) is 4.79 Å². The first-order valence-corrected chi connectivity index (χ1v) is 7.42. The van der Waals surface area contributed by atoms with E-state index in [1.54, 1.807) is 24.2 Å². The Hall–Kier alpha value is -1.82. The molecule has 1 aromatic rings. The molecule has 116 valence electrons. The van der Waals surface area contributed by atoms with Crippen molar-refractivity contribution >= 4 is 11.7 Å². The monoisotopic (exact) mass is 293 g/mol. The molecule has 0 saturated heterocycles. The summed E-state index contributed by atoms with van der Waals surface area (Å²) in [5.41, 5.74) is 0.512. The van der Waals surface area contributed by atoms with Crippen LogP contribution >= 0.6 is 0 Å². The molecule has 2 N–H and O–H groups in total. The lowest BCUT2D eigenvalue weighted by Crippen LogP contribution is -2.37. The molecule has 0 aliphatic heterocycles. The van der Waals surface area contributed by atoms with E-state index in [2.05, 4.69) is 5.32 Å². The molecule has 6 nitrogen and oxygen atoms in total. The van der Waals surface area contributed by atoms with Crippen molar-refractivity contribution in [3.8, 4) is 0 Å². The van der Waals surface area contributed by atoms with Crippen LogP contribution in [0.3, 0.4) is 0 Å². The molecule has 1 aromatic heterocycles. The Morgan fingerprint density at radius 1 is 1.48 bits per heavy atom. The summed E-state index contributed by atoms with van der Waals surface area (Å²) < 4.78 is 1.54. The predicted molar refractivity (Wildman–Crippen MR) is 81.4 cm³/mol. The molecular formula is C15H23N3O3. The quantitative estimate of drug-likeness (QED) is 0.883. The third-order valence-electron chi connectivity index (χ3n) is 4.05. The third-order valence-corrected chi connectivity index (χ3v) is 4.05. The van der Waals surface area contributed by atoms with Crippen LogP contribution in [0, 0.1) is 5.92 Å². The Morgan fingerprint density at radius 2 is 2.24 bits per heavy atom. The van der Waals surface area contributed by atoms with Crippen molar-refractivity contribution in [3.63, 3.8) is 0 Å². The number of aryl methyl sites for hydroxylation is 1. The largest absolute Gasteiger partial charge is 0.393 e. The van der Waals surface area contributed by atoms with E-state index in [9.17, 15) is 14.7 Å². The van der Waals surface area contributed by atoms with Crippen molar-refractivity contribution in [2.75, 3.05) is 18.9 Å². The molecule has 1 aliphatic carbocycles. The van der Waals surface area contributed by atoms with Crippen molar-refractivity contribution < 1.29 is 9.90 Å². The van der Waals surface area contributed by atoms with Crippen LogP contribution in [0.5, 0.6) is 0 Å². The Kier molecular flexibility index (Phi) is 5.01. The number of amides is 2. The molecule has 1 aliphatic rings. The van der Waals surface area contributed by atoms with Gasteiger partial charge in [-0.3, -0.25) is 4.79 Å². The second kappa shape index (κ2) is 6.76. The first kappa shape index (κ1) is 15.6. The van der Waals surface area contributed by atoms with E-state index in [4.69, 9.17) is 0 Å². The topological polar surface area (TPSA) is 74.6 Å². The number of pyridine rings is 1. The van der Waals surface area contributed by atoms with Gasteiger partial charge in [-0.15, -0.1) is 0 Å². The van der Waals surface area contributed by atoms with Gasteiger partial charge in [0.15, 0.2) is 0 Å². The van der Waals surface area contributed by atoms with Crippen molar-refractivity contribution in [2.45, 2.75) is 38.8 Å². The fraction of sp³-hybridized carbons (Fsp3) is 0.600. The molecule has 6 heteroatoms. The highest BCUT2D eigenvalue weighted by molar-refractivity contribution is 5.88. The molecule has 21 heavy (non-hydrogen) atoms. The van der Waals surface area contributed by atoms with Gasteiger partial charge in [0.2, 0.25) is 0 Å². The lowest BCUT2D eigenvalue weighted by atomic mass is 10.1. The summed E-state index contributed by atoms with van der Waals surface area (Å²) >= 11 is 0. The number of hydrogen-bond acceptors (Lipinski definition) is 3. The smallest absolute Gasteiger partial charge is 0.321 e. The fourth-order valence-corrected chi connectivity index (χ4v) is 2.74. The molecule has 1 fully saturated rings. The van der Waals surface area contributed by atoms with Crippen molar-refractivity contribution in [1.82, 2.24) is 9.47 Å². The lowest BCUT2D eigenvalue weighted by Gasteiger charge is -2.23. The minimum absolute atomic E-state index is 0.0852. The van der Waals surface area contributed by atoms with Crippen molar-refractivity contribution in [2.24, 2.45) is 5.92 Å². The Bertz CT molecular complexity index is 555. The molecule has 0 radical (unpaired) electrons. The number of carbonyl (C=O) groups excluding carboxylic acids is 1. The normalized spacial score (nSPS) is 21.3. The van der Waals surface area contributed by atoms with Crippen LogP contribution in [0.25, 0.3) is 0 Å². The summed E-state index contributed by atoms with van der Waals surface area (Å²) in [5.74, 6) is 0.158. The highest BCUT2D eigenvalue weighted by Gasteiger charge is 2.27. The first-order valence-electron chi connectivity index (χ1n) is 7.42. The second-order valence-electron chi connectivity index (χ2n) is 5.61. The Morgan fingerprint density at radius 3 is 2.86 bits per heavy atom. The van der Waals surface area contributed by atoms with E-state index in [0.717, 1.165) is 19.3 Å². The minimum Gasteiger partial charge on any atom is -0.393 e. The van der Waals surface area contributed by atoms with Crippen molar-refractivity contribution in [3.05, 3.63) is 28.7 Å². The highest BCUT2D eigenvalue weighted by atomic mass is 16.3. The van der Waals surface area contributed by atoms with Crippen LogP contribution in [-0.2, 0) is 6.54 Å². The zero-order valence-electron chi connectivity index (χ0n) is 12.6. The maximum Gasteiger partial charge on any atom is 0.321 e. The summed E-state index contributed by atoms with van der Waals surface area (Å²) in [7, 11) is 1.72. The van der Waals surface area contributed by atoms with Crippen LogP contribution < -0.4 is 10.9 Å². The maximum absolute atomic E-state index is 12.1. The SMILES string of the molecule is CCn1cc(NC(=O)N(C)CC2CCCC2O)ccc1=O. The number of nitrogens with one attached hydrogen (secondary N) is 1. The van der Waals surface area contributed by atoms with Gasteiger partial charge in [-0.1, -0.05) is 6.42 Å². The summed E-state index contributed by atoms with van der Waals surface area (Å²) in [6, 6.07) is 2.82. The number of nitrogens with zero attached hydrogens (tertiary/aromatic N) is 2. The number of anilines is 1. The van der Waals surface area contributed by atoms with Crippen LogP contribution in [0.1, 0.15) is 26.2 Å². The zero-order valence-corrected chi connectivity index (χ0v) is 12.6. The van der Waals surface area contributed by atoms with E-state index >= 15 is 0 Å². The van der Waals surface area contributed by atoms with E-state index in [-0.39, 0.29) is 23.6 Å². The summed E-state index contributed by atoms with van der Waals surface area (Å²) in [5, 5.41) is 12.6. The molecule has 2 rings (SSSR count). The maximum atomic E-state index is 12.1. The fourth-order valence-electron chi connectivity index (χ4n) is 2.74. The molecular weight excluding hydrogens is 270 g/mol. The molecule has 0 spiro atoms. The summed E-state index contributed by atoms with van der Waals surface area (Å²) in [4.78, 5) is 25.2. The van der Waals surface area contributed by atoms with Gasteiger partial charge < -0.3 is 19.9 Å². The first-order chi connectivity index (χ1) is 10.0. The number of hydrogen-bond donors (Lipinski definition) is 2. The Labute approximate surface area is 124 Å². The highest BCUT2D eigenvalue weighted by Crippen LogP contribution is 2.26. The molecule has 2 amide bonds. The van der Waals surface area contributed by atoms with Gasteiger partial charge in [0, 0.05) is 38.3 Å². The zero-order chi connectivity index (χ0) is 15.4. The van der Waals surface area contributed by atoms with Crippen molar-refractivity contribution in [1.29, 1.82) is 0 Å². The molecule has 0 bridgehead atoms. The number of carbonyl (C=O) groups is 1. The number of aromatic nitrogens is 1. The standard InChI is InChI=1S/C15H23N3O3/c1-3-18-10-12(7-8-14(18)20)16-15(21)17(2)9-11-5-4-6-13(11)19/h7-8,10-11,13,19H,3-6,9H2,1-2H3,(H,16,21). The van der Waals surface area contributed by atoms with Crippen LogP contribution in [-0.4, -0.2) is 40.3 Å². The predicted octanol–water partition coefficient (Wildman–Crippen LogP) is 1.49. The molecule has 2 unspecified atom stereocenters. The molecule has 1 heterocycles.